The van der Waals surface area contributed by atoms with Crippen molar-refractivity contribution in [3.63, 3.8) is 0 Å². The molecule has 2 rings (SSSR count). The van der Waals surface area contributed by atoms with Crippen LogP contribution in [0.25, 0.3) is 0 Å². The number of hydrogen-bond donors (Lipinski definition) is 1. The fourth-order valence-electron chi connectivity index (χ4n) is 1.84. The molecule has 0 heterocycles. The molecule has 0 aromatic heterocycles. The van der Waals surface area contributed by atoms with E-state index < -0.39 is 10.0 Å². The fourth-order valence-corrected chi connectivity index (χ4v) is 2.74. The Kier molecular flexibility index (Phi) is 5.02. The van der Waals surface area contributed by atoms with Gasteiger partial charge in [0.2, 0.25) is 15.9 Å². The van der Waals surface area contributed by atoms with Crippen molar-refractivity contribution in [3.05, 3.63) is 48.5 Å². The molecule has 0 aliphatic heterocycles. The second-order valence-electron chi connectivity index (χ2n) is 5.07. The van der Waals surface area contributed by atoms with Gasteiger partial charge in [0, 0.05) is 26.7 Å². The van der Waals surface area contributed by atoms with Gasteiger partial charge in [-0.05, 0) is 48.5 Å². The van der Waals surface area contributed by atoms with E-state index in [2.05, 4.69) is 5.32 Å². The van der Waals surface area contributed by atoms with E-state index >= 15 is 0 Å². The first-order valence-corrected chi connectivity index (χ1v) is 8.31. The lowest BCUT2D eigenvalue weighted by Gasteiger charge is -2.12. The summed E-state index contributed by atoms with van der Waals surface area (Å²) in [5, 5.41) is 2.66. The van der Waals surface area contributed by atoms with Crippen LogP contribution in [0.4, 0.5) is 5.69 Å². The van der Waals surface area contributed by atoms with Gasteiger partial charge in [0.25, 0.3) is 0 Å². The minimum atomic E-state index is -3.45. The molecule has 0 fully saturated rings. The number of sulfonamides is 1. The number of ether oxygens (including phenoxy) is 1. The average molecular weight is 334 g/mol. The number of amides is 1. The summed E-state index contributed by atoms with van der Waals surface area (Å²) in [6, 6.07) is 13.1. The number of carbonyl (C=O) groups is 1. The molecular formula is C16H18N2O4S. The van der Waals surface area contributed by atoms with Crippen molar-refractivity contribution in [3.8, 4) is 11.5 Å². The van der Waals surface area contributed by atoms with E-state index in [1.807, 2.05) is 0 Å². The maximum Gasteiger partial charge on any atom is 0.242 e. The van der Waals surface area contributed by atoms with Crippen LogP contribution in [0.15, 0.2) is 53.4 Å². The summed E-state index contributed by atoms with van der Waals surface area (Å²) in [4.78, 5) is 11.2. The number of nitrogens with one attached hydrogen (secondary N) is 1. The molecule has 0 aliphatic rings. The van der Waals surface area contributed by atoms with Crippen LogP contribution in [0.2, 0.25) is 0 Å². The van der Waals surface area contributed by atoms with Gasteiger partial charge in [-0.3, -0.25) is 4.79 Å². The van der Waals surface area contributed by atoms with Gasteiger partial charge < -0.3 is 10.1 Å². The van der Waals surface area contributed by atoms with Gasteiger partial charge in [0.15, 0.2) is 0 Å². The molecule has 122 valence electrons. The van der Waals surface area contributed by atoms with Gasteiger partial charge in [0.1, 0.15) is 11.5 Å². The highest BCUT2D eigenvalue weighted by Crippen LogP contribution is 2.24. The van der Waals surface area contributed by atoms with Crippen LogP contribution < -0.4 is 10.1 Å². The van der Waals surface area contributed by atoms with E-state index in [-0.39, 0.29) is 10.8 Å². The summed E-state index contributed by atoms with van der Waals surface area (Å²) >= 11 is 0. The van der Waals surface area contributed by atoms with Crippen molar-refractivity contribution >= 4 is 21.6 Å². The Hall–Kier alpha value is -2.38. The van der Waals surface area contributed by atoms with Gasteiger partial charge in [0.05, 0.1) is 4.90 Å². The van der Waals surface area contributed by atoms with Crippen molar-refractivity contribution < 1.29 is 17.9 Å². The van der Waals surface area contributed by atoms with E-state index in [0.29, 0.717) is 17.2 Å². The predicted molar refractivity (Wildman–Crippen MR) is 88.1 cm³/mol. The van der Waals surface area contributed by atoms with Gasteiger partial charge in [-0.2, -0.15) is 0 Å². The third-order valence-corrected chi connectivity index (χ3v) is 4.84. The zero-order valence-electron chi connectivity index (χ0n) is 13.1. The summed E-state index contributed by atoms with van der Waals surface area (Å²) in [6.07, 6.45) is 0. The number of nitrogens with zero attached hydrogens (tertiary/aromatic N) is 1. The molecule has 23 heavy (non-hydrogen) atoms. The molecule has 2 aromatic carbocycles. The molecular weight excluding hydrogens is 316 g/mol. The first-order chi connectivity index (χ1) is 10.8. The molecule has 0 atom stereocenters. The average Bonchev–Trinajstić information content (AvgIpc) is 2.49. The Morgan fingerprint density at radius 1 is 0.957 bits per heavy atom. The number of hydrogen-bond acceptors (Lipinski definition) is 4. The Morgan fingerprint density at radius 2 is 1.43 bits per heavy atom. The van der Waals surface area contributed by atoms with E-state index in [9.17, 15) is 13.2 Å². The summed E-state index contributed by atoms with van der Waals surface area (Å²) in [7, 11) is -0.481. The zero-order valence-corrected chi connectivity index (χ0v) is 13.9. The summed E-state index contributed by atoms with van der Waals surface area (Å²) in [6.45, 7) is 1.44. The lowest BCUT2D eigenvalue weighted by atomic mass is 10.3. The van der Waals surface area contributed by atoms with Gasteiger partial charge in [-0.25, -0.2) is 12.7 Å². The second-order valence-corrected chi connectivity index (χ2v) is 7.22. The topological polar surface area (TPSA) is 75.7 Å². The minimum Gasteiger partial charge on any atom is -0.457 e. The molecule has 0 aliphatic carbocycles. The van der Waals surface area contributed by atoms with Crippen LogP contribution in [0.5, 0.6) is 11.5 Å². The third-order valence-electron chi connectivity index (χ3n) is 3.01. The molecule has 6 nitrogen and oxygen atoms in total. The highest BCUT2D eigenvalue weighted by Gasteiger charge is 2.16. The van der Waals surface area contributed by atoms with E-state index in [1.54, 1.807) is 36.4 Å². The Morgan fingerprint density at radius 3 is 1.87 bits per heavy atom. The highest BCUT2D eigenvalue weighted by atomic mass is 32.2. The molecule has 0 saturated carbocycles. The van der Waals surface area contributed by atoms with E-state index in [1.165, 1.54) is 33.2 Å². The summed E-state index contributed by atoms with van der Waals surface area (Å²) in [5.41, 5.74) is 0.678. The molecule has 1 N–H and O–H groups in total. The Bertz CT molecular complexity index is 782. The highest BCUT2D eigenvalue weighted by molar-refractivity contribution is 7.89. The van der Waals surface area contributed by atoms with Crippen molar-refractivity contribution in [2.75, 3.05) is 19.4 Å². The predicted octanol–water partition coefficient (Wildman–Crippen LogP) is 2.69. The lowest BCUT2D eigenvalue weighted by molar-refractivity contribution is -0.114. The van der Waals surface area contributed by atoms with Crippen LogP contribution in [-0.2, 0) is 14.8 Å². The molecule has 0 unspecified atom stereocenters. The first kappa shape index (κ1) is 17.0. The van der Waals surface area contributed by atoms with E-state index in [4.69, 9.17) is 4.74 Å². The van der Waals surface area contributed by atoms with E-state index in [0.717, 1.165) is 4.31 Å². The van der Waals surface area contributed by atoms with Crippen molar-refractivity contribution in [1.29, 1.82) is 0 Å². The smallest absolute Gasteiger partial charge is 0.242 e. The van der Waals surface area contributed by atoms with Crippen molar-refractivity contribution in [2.45, 2.75) is 11.8 Å². The largest absolute Gasteiger partial charge is 0.457 e. The maximum atomic E-state index is 12.0. The van der Waals surface area contributed by atoms with Crippen LogP contribution in [-0.4, -0.2) is 32.7 Å². The zero-order chi connectivity index (χ0) is 17.0. The normalized spacial score (nSPS) is 11.3. The first-order valence-electron chi connectivity index (χ1n) is 6.87. The summed E-state index contributed by atoms with van der Waals surface area (Å²) in [5.74, 6) is 0.966. The monoisotopic (exact) mass is 334 g/mol. The van der Waals surface area contributed by atoms with Gasteiger partial charge >= 0.3 is 0 Å². The quantitative estimate of drug-likeness (QED) is 0.912. The molecule has 0 spiro atoms. The fraction of sp³-hybridized carbons (Fsp3) is 0.188. The molecule has 1 amide bonds. The molecule has 0 saturated heterocycles. The molecule has 0 radical (unpaired) electrons. The molecule has 7 heteroatoms. The lowest BCUT2D eigenvalue weighted by Crippen LogP contribution is -2.22. The van der Waals surface area contributed by atoms with Crippen LogP contribution >= 0.6 is 0 Å². The SMILES string of the molecule is CC(=O)Nc1ccc(Oc2ccc(S(=O)(=O)N(C)C)cc2)cc1. The Labute approximate surface area is 135 Å². The van der Waals surface area contributed by atoms with Crippen LogP contribution in [0.3, 0.4) is 0 Å². The van der Waals surface area contributed by atoms with Gasteiger partial charge in [-0.1, -0.05) is 0 Å². The third kappa shape index (κ3) is 4.30. The maximum absolute atomic E-state index is 12.0. The number of benzene rings is 2. The van der Waals surface area contributed by atoms with Gasteiger partial charge in [-0.15, -0.1) is 0 Å². The van der Waals surface area contributed by atoms with Crippen molar-refractivity contribution in [2.24, 2.45) is 0 Å². The number of rotatable bonds is 5. The molecule has 0 bridgehead atoms. The van der Waals surface area contributed by atoms with Crippen LogP contribution in [0.1, 0.15) is 6.92 Å². The molecule has 2 aromatic rings. The number of carbonyl (C=O) groups excluding carboxylic acids is 1. The van der Waals surface area contributed by atoms with Crippen molar-refractivity contribution in [1.82, 2.24) is 4.31 Å². The standard InChI is InChI=1S/C16H18N2O4S/c1-12(19)17-13-4-6-14(7-5-13)22-15-8-10-16(11-9-15)23(20,21)18(2)3/h4-11H,1-3H3,(H,17,19). The van der Waals surface area contributed by atoms with Crippen LogP contribution in [0, 0.1) is 0 Å². The number of anilines is 1. The Balaban J connectivity index is 2.11. The summed E-state index contributed by atoms with van der Waals surface area (Å²) < 4.78 is 30.8. The second kappa shape index (κ2) is 6.80. The minimum absolute atomic E-state index is 0.142.